The molecule has 1 unspecified atom stereocenters. The minimum atomic E-state index is -0.825. The fourth-order valence-electron chi connectivity index (χ4n) is 6.03. The van der Waals surface area contributed by atoms with Gasteiger partial charge in [0.2, 0.25) is 5.91 Å². The second-order valence-electron chi connectivity index (χ2n) is 9.58. The Morgan fingerprint density at radius 1 is 0.800 bits per heavy atom. The number of fused-ring (bicyclic) bond motifs is 5. The lowest BCUT2D eigenvalue weighted by Gasteiger charge is -2.23. The van der Waals surface area contributed by atoms with Crippen LogP contribution in [0.5, 0.6) is 0 Å². The normalized spacial score (nSPS) is 18.3. The van der Waals surface area contributed by atoms with Crippen LogP contribution in [-0.4, -0.2) is 17.9 Å². The van der Waals surface area contributed by atoms with Crippen molar-refractivity contribution in [3.8, 4) is 11.3 Å². The molecule has 1 aromatic heterocycles. The lowest BCUT2D eigenvalue weighted by Crippen LogP contribution is -2.37. The van der Waals surface area contributed by atoms with Gasteiger partial charge in [0.15, 0.2) is 0 Å². The largest absolute Gasteiger partial charge is 0.354 e. The van der Waals surface area contributed by atoms with E-state index in [1.165, 1.54) is 0 Å². The van der Waals surface area contributed by atoms with E-state index < -0.39 is 5.41 Å². The molecule has 3 nitrogen and oxygen atoms in total. The van der Waals surface area contributed by atoms with Crippen molar-refractivity contribution in [3.63, 3.8) is 0 Å². The zero-order valence-corrected chi connectivity index (χ0v) is 19.7. The van der Waals surface area contributed by atoms with Crippen LogP contribution in [0.1, 0.15) is 27.8 Å². The molecule has 0 saturated carbocycles. The van der Waals surface area contributed by atoms with Crippen LogP contribution in [0.15, 0.2) is 103 Å². The van der Waals surface area contributed by atoms with Gasteiger partial charge in [-0.1, -0.05) is 96.6 Å². The number of nitrogens with one attached hydrogen (secondary N) is 1. The molecule has 35 heavy (non-hydrogen) atoms. The minimum absolute atomic E-state index is 0.0988. The van der Waals surface area contributed by atoms with Crippen molar-refractivity contribution in [1.82, 2.24) is 4.98 Å². The topological polar surface area (TPSA) is 36.1 Å². The van der Waals surface area contributed by atoms with Crippen LogP contribution in [0.4, 0.5) is 5.69 Å². The number of aromatic amines is 1. The van der Waals surface area contributed by atoms with Gasteiger partial charge in [0.1, 0.15) is 5.41 Å². The van der Waals surface area contributed by atoms with Crippen LogP contribution >= 0.6 is 0 Å². The Morgan fingerprint density at radius 2 is 1.54 bits per heavy atom. The number of aryl methyl sites for hydroxylation is 1. The summed E-state index contributed by atoms with van der Waals surface area (Å²) in [5.41, 5.74) is 10.1. The molecule has 4 aromatic carbocycles. The average molecular weight is 453 g/mol. The van der Waals surface area contributed by atoms with Gasteiger partial charge >= 0.3 is 0 Å². The van der Waals surface area contributed by atoms with Crippen molar-refractivity contribution in [2.45, 2.75) is 12.3 Å². The molecule has 1 amide bonds. The van der Waals surface area contributed by atoms with Gasteiger partial charge in [0.25, 0.3) is 0 Å². The molecule has 3 heteroatoms. The van der Waals surface area contributed by atoms with Gasteiger partial charge in [-0.2, -0.15) is 0 Å². The average Bonchev–Trinajstić information content (AvgIpc) is 3.50. The minimum Gasteiger partial charge on any atom is -0.354 e. The highest BCUT2D eigenvalue weighted by Crippen LogP contribution is 2.55. The summed E-state index contributed by atoms with van der Waals surface area (Å²) in [6.45, 7) is 2.10. The number of H-pyrrole nitrogens is 1. The first-order chi connectivity index (χ1) is 17.1. The van der Waals surface area contributed by atoms with Crippen molar-refractivity contribution in [2.24, 2.45) is 0 Å². The third-order valence-corrected chi connectivity index (χ3v) is 7.62. The highest BCUT2D eigenvalue weighted by Gasteiger charge is 2.53. The maximum Gasteiger partial charge on any atom is 0.245 e. The number of carbonyl (C=O) groups is 1. The van der Waals surface area contributed by atoms with Crippen LogP contribution in [0.25, 0.3) is 27.7 Å². The summed E-state index contributed by atoms with van der Waals surface area (Å²) in [5.74, 6) is 0.0988. The molecule has 0 saturated heterocycles. The van der Waals surface area contributed by atoms with E-state index in [1.807, 2.05) is 36.2 Å². The van der Waals surface area contributed by atoms with Crippen LogP contribution < -0.4 is 4.90 Å². The van der Waals surface area contributed by atoms with E-state index in [-0.39, 0.29) is 5.91 Å². The van der Waals surface area contributed by atoms with Crippen molar-refractivity contribution in [2.75, 3.05) is 11.9 Å². The van der Waals surface area contributed by atoms with E-state index in [1.54, 1.807) is 0 Å². The predicted octanol–water partition coefficient (Wildman–Crippen LogP) is 6.85. The van der Waals surface area contributed by atoms with Crippen molar-refractivity contribution < 1.29 is 4.79 Å². The van der Waals surface area contributed by atoms with E-state index >= 15 is 0 Å². The Balaban J connectivity index is 1.60. The van der Waals surface area contributed by atoms with Crippen LogP contribution in [0.3, 0.4) is 0 Å². The van der Waals surface area contributed by atoms with Crippen molar-refractivity contribution in [1.29, 1.82) is 0 Å². The lowest BCUT2D eigenvalue weighted by atomic mass is 9.77. The third kappa shape index (κ3) is 2.58. The molecule has 2 aliphatic rings. The van der Waals surface area contributed by atoms with Crippen molar-refractivity contribution >= 4 is 28.1 Å². The Labute approximate surface area is 204 Å². The second kappa shape index (κ2) is 7.07. The van der Waals surface area contributed by atoms with E-state index in [4.69, 9.17) is 0 Å². The van der Waals surface area contributed by atoms with Gasteiger partial charge in [0, 0.05) is 29.2 Å². The molecule has 1 atom stereocenters. The van der Waals surface area contributed by atoms with Gasteiger partial charge < -0.3 is 9.88 Å². The number of aromatic nitrogens is 1. The molecule has 1 aliphatic carbocycles. The quantitative estimate of drug-likeness (QED) is 0.312. The Morgan fingerprint density at radius 3 is 2.40 bits per heavy atom. The standard InChI is InChI=1S/C32H24N2O/c1-20-16-17-22-24(19-32(26(22)18-20)25-13-7-9-15-28(25)34(2)31(32)35)29-23-12-6-8-14-27(23)33-30(29)21-10-4-3-5-11-21/h3-19,33H,1-2H3. The first-order valence-electron chi connectivity index (χ1n) is 12.0. The smallest absolute Gasteiger partial charge is 0.245 e. The second-order valence-corrected chi connectivity index (χ2v) is 9.58. The first-order valence-corrected chi connectivity index (χ1v) is 12.0. The third-order valence-electron chi connectivity index (χ3n) is 7.62. The van der Waals surface area contributed by atoms with E-state index in [2.05, 4.69) is 90.8 Å². The number of hydrogen-bond acceptors (Lipinski definition) is 1. The molecule has 1 spiro atoms. The summed E-state index contributed by atoms with van der Waals surface area (Å²) in [4.78, 5) is 19.6. The number of nitrogens with zero attached hydrogens (tertiary/aromatic N) is 1. The number of carbonyl (C=O) groups excluding carboxylic acids is 1. The number of anilines is 1. The monoisotopic (exact) mass is 452 g/mol. The van der Waals surface area contributed by atoms with Crippen LogP contribution in [-0.2, 0) is 10.2 Å². The maximum absolute atomic E-state index is 14.1. The zero-order valence-electron chi connectivity index (χ0n) is 19.7. The summed E-state index contributed by atoms with van der Waals surface area (Å²) in [5, 5.41) is 1.16. The van der Waals surface area contributed by atoms with Gasteiger partial charge in [0.05, 0.1) is 5.69 Å². The molecule has 1 N–H and O–H groups in total. The molecule has 7 rings (SSSR count). The first kappa shape index (κ1) is 20.0. The van der Waals surface area contributed by atoms with Crippen molar-refractivity contribution in [3.05, 3.63) is 131 Å². The number of para-hydroxylation sites is 2. The number of rotatable bonds is 2. The Bertz CT molecular complexity index is 1690. The van der Waals surface area contributed by atoms with Gasteiger partial charge in [-0.15, -0.1) is 0 Å². The molecule has 168 valence electrons. The SMILES string of the molecule is Cc1ccc2c(c1)C1(C=C2c2c(-c3ccccc3)[nH]c3ccccc23)C(=O)N(C)c2ccccc21. The predicted molar refractivity (Wildman–Crippen MR) is 143 cm³/mol. The molecule has 0 bridgehead atoms. The van der Waals surface area contributed by atoms with Crippen LogP contribution in [0, 0.1) is 6.92 Å². The maximum atomic E-state index is 14.1. The number of amides is 1. The molecular weight excluding hydrogens is 428 g/mol. The Hall–Kier alpha value is -4.37. The highest BCUT2D eigenvalue weighted by atomic mass is 16.2. The van der Waals surface area contributed by atoms with Crippen LogP contribution in [0.2, 0.25) is 0 Å². The lowest BCUT2D eigenvalue weighted by molar-refractivity contribution is -0.120. The number of likely N-dealkylation sites (N-methyl/N-ethyl adjacent to an activating group) is 1. The molecular formula is C32H24N2O. The Kier molecular flexibility index (Phi) is 4.05. The van der Waals surface area contributed by atoms with Gasteiger partial charge in [-0.25, -0.2) is 0 Å². The summed E-state index contributed by atoms with van der Waals surface area (Å²) in [6, 6.07) is 33.6. The molecule has 5 aromatic rings. The molecule has 0 radical (unpaired) electrons. The number of hydrogen-bond donors (Lipinski definition) is 1. The summed E-state index contributed by atoms with van der Waals surface area (Å²) >= 11 is 0. The van der Waals surface area contributed by atoms with Gasteiger partial charge in [-0.05, 0) is 46.9 Å². The summed E-state index contributed by atoms with van der Waals surface area (Å²) in [6.07, 6.45) is 2.23. The van der Waals surface area contributed by atoms with Gasteiger partial charge in [-0.3, -0.25) is 4.79 Å². The fraction of sp³-hybridized carbons (Fsp3) is 0.0938. The van der Waals surface area contributed by atoms with E-state index in [0.717, 1.165) is 61.2 Å². The highest BCUT2D eigenvalue weighted by molar-refractivity contribution is 6.17. The zero-order chi connectivity index (χ0) is 23.7. The molecule has 2 heterocycles. The van der Waals surface area contributed by atoms with E-state index in [9.17, 15) is 4.79 Å². The fourth-order valence-corrected chi connectivity index (χ4v) is 6.03. The molecule has 1 aliphatic heterocycles. The molecule has 0 fully saturated rings. The summed E-state index contributed by atoms with van der Waals surface area (Å²) < 4.78 is 0. The summed E-state index contributed by atoms with van der Waals surface area (Å²) in [7, 11) is 1.89. The van der Waals surface area contributed by atoms with E-state index in [0.29, 0.717) is 0 Å². The number of benzene rings is 4.